The van der Waals surface area contributed by atoms with Gasteiger partial charge in [0.15, 0.2) is 6.07 Å². The second kappa shape index (κ2) is 4.86. The van der Waals surface area contributed by atoms with Crippen molar-refractivity contribution >= 4 is 23.4 Å². The number of carbonyl (C=O) groups is 1. The molecule has 4 heteroatoms. The molecular formula is C10H5NO2S. The summed E-state index contributed by atoms with van der Waals surface area (Å²) in [6, 6.07) is 3.44. The van der Waals surface area contributed by atoms with Crippen LogP contribution in [0.1, 0.15) is 10.4 Å². The highest BCUT2D eigenvalue weighted by Crippen LogP contribution is 2.15. The Balaban J connectivity index is 2.79. The molecule has 0 aromatic carbocycles. The Morgan fingerprint density at radius 2 is 2.43 bits per heavy atom. The fourth-order valence-corrected chi connectivity index (χ4v) is 1.49. The molecule has 0 radical (unpaired) electrons. The molecule has 1 N–H and O–H groups in total. The normalized spacial score (nSPS) is 9.07. The minimum Gasteiger partial charge on any atom is -0.478 e. The molecular weight excluding hydrogens is 198 g/mol. The van der Waals surface area contributed by atoms with Crippen LogP contribution in [0.3, 0.4) is 0 Å². The molecule has 3 nitrogen and oxygen atoms in total. The summed E-state index contributed by atoms with van der Waals surface area (Å²) in [5.74, 6) is 3.90. The second-order valence-corrected chi connectivity index (χ2v) is 3.21. The van der Waals surface area contributed by atoms with Gasteiger partial charge in [0.25, 0.3) is 0 Å². The van der Waals surface area contributed by atoms with E-state index in [9.17, 15) is 4.79 Å². The van der Waals surface area contributed by atoms with Crippen molar-refractivity contribution in [1.29, 1.82) is 5.26 Å². The molecule has 1 aromatic heterocycles. The fourth-order valence-electron chi connectivity index (χ4n) is 0.759. The predicted octanol–water partition coefficient (Wildman–Crippen LogP) is 1.72. The number of rotatable bonds is 2. The molecule has 0 saturated carbocycles. The summed E-state index contributed by atoms with van der Waals surface area (Å²) in [6.07, 6.45) is 2.55. The van der Waals surface area contributed by atoms with Gasteiger partial charge in [-0.2, -0.15) is 5.26 Å². The molecule has 1 heterocycles. The van der Waals surface area contributed by atoms with E-state index in [1.54, 1.807) is 17.5 Å². The van der Waals surface area contributed by atoms with E-state index >= 15 is 0 Å². The van der Waals surface area contributed by atoms with Crippen LogP contribution in [0.2, 0.25) is 0 Å². The Labute approximate surface area is 84.9 Å². The Bertz CT molecular complexity index is 468. The van der Waals surface area contributed by atoms with E-state index in [-0.39, 0.29) is 0 Å². The van der Waals surface area contributed by atoms with Crippen molar-refractivity contribution in [3.8, 4) is 17.9 Å². The van der Waals surface area contributed by atoms with Gasteiger partial charge in [-0.3, -0.25) is 0 Å². The largest absolute Gasteiger partial charge is 0.478 e. The average Bonchev–Trinajstić information content (AvgIpc) is 2.59. The molecule has 68 valence electrons. The van der Waals surface area contributed by atoms with Crippen molar-refractivity contribution in [3.63, 3.8) is 0 Å². The average molecular weight is 203 g/mol. The lowest BCUT2D eigenvalue weighted by Gasteiger charge is -1.79. The second-order valence-electron chi connectivity index (χ2n) is 2.27. The first-order valence-electron chi connectivity index (χ1n) is 3.62. The number of hydrogen-bond donors (Lipinski definition) is 1. The zero-order valence-electron chi connectivity index (χ0n) is 7.02. The number of nitriles is 1. The van der Waals surface area contributed by atoms with Gasteiger partial charge in [-0.1, -0.05) is 0 Å². The van der Waals surface area contributed by atoms with E-state index in [2.05, 4.69) is 11.8 Å². The molecule has 0 spiro atoms. The SMILES string of the molecule is N#CC#Cc1csc(/C=C/C(=O)O)c1. The first-order chi connectivity index (χ1) is 6.72. The highest BCUT2D eigenvalue weighted by Gasteiger charge is 1.94. The van der Waals surface area contributed by atoms with Crippen LogP contribution in [0.5, 0.6) is 0 Å². The van der Waals surface area contributed by atoms with E-state index in [4.69, 9.17) is 10.4 Å². The van der Waals surface area contributed by atoms with Crippen molar-refractivity contribution in [3.05, 3.63) is 28.0 Å². The van der Waals surface area contributed by atoms with Crippen LogP contribution in [-0.4, -0.2) is 11.1 Å². The molecule has 0 unspecified atom stereocenters. The van der Waals surface area contributed by atoms with E-state index < -0.39 is 5.97 Å². The first kappa shape index (κ1) is 10.0. The molecule has 0 aliphatic carbocycles. The molecule has 1 aromatic rings. The Morgan fingerprint density at radius 1 is 1.64 bits per heavy atom. The van der Waals surface area contributed by atoms with Gasteiger partial charge >= 0.3 is 5.97 Å². The van der Waals surface area contributed by atoms with Crippen LogP contribution >= 0.6 is 11.3 Å². The molecule has 0 amide bonds. The van der Waals surface area contributed by atoms with Gasteiger partial charge in [0.05, 0.1) is 0 Å². The molecule has 0 saturated heterocycles. The zero-order valence-corrected chi connectivity index (χ0v) is 7.84. The van der Waals surface area contributed by atoms with Crippen LogP contribution in [0, 0.1) is 23.2 Å². The maximum absolute atomic E-state index is 10.2. The molecule has 0 aliphatic heterocycles. The van der Waals surface area contributed by atoms with Crippen molar-refractivity contribution in [2.24, 2.45) is 0 Å². The number of carboxylic acids is 1. The third-order valence-corrected chi connectivity index (χ3v) is 2.17. The Hall–Kier alpha value is -2.04. The molecule has 14 heavy (non-hydrogen) atoms. The molecule has 0 atom stereocenters. The molecule has 0 fully saturated rings. The molecule has 0 aliphatic rings. The first-order valence-corrected chi connectivity index (χ1v) is 4.50. The summed E-state index contributed by atoms with van der Waals surface area (Å²) in [5, 5.41) is 18.3. The Kier molecular flexibility index (Phi) is 3.49. The quantitative estimate of drug-likeness (QED) is 0.588. The van der Waals surface area contributed by atoms with Crippen LogP contribution in [-0.2, 0) is 4.79 Å². The predicted molar refractivity (Wildman–Crippen MR) is 53.5 cm³/mol. The molecule has 1 rings (SSSR count). The Morgan fingerprint density at radius 3 is 3.07 bits per heavy atom. The smallest absolute Gasteiger partial charge is 0.328 e. The van der Waals surface area contributed by atoms with E-state index in [0.717, 1.165) is 16.5 Å². The van der Waals surface area contributed by atoms with E-state index in [1.807, 2.05) is 0 Å². The highest BCUT2D eigenvalue weighted by molar-refractivity contribution is 7.11. The number of thiophene rings is 1. The standard InChI is InChI=1S/C10H5NO2S/c11-5-1-2-8-6-9(14-7-8)3-4-10(12)13/h3-4,6-7H,(H,12,13)/b4-3+. The van der Waals surface area contributed by atoms with Gasteiger partial charge in [0.2, 0.25) is 0 Å². The van der Waals surface area contributed by atoms with Crippen molar-refractivity contribution in [2.75, 3.05) is 0 Å². The highest BCUT2D eigenvalue weighted by atomic mass is 32.1. The third-order valence-electron chi connectivity index (χ3n) is 1.27. The van der Waals surface area contributed by atoms with Gasteiger partial charge in [-0.05, 0) is 18.1 Å². The van der Waals surface area contributed by atoms with Crippen molar-refractivity contribution in [1.82, 2.24) is 0 Å². The van der Waals surface area contributed by atoms with Crippen molar-refractivity contribution in [2.45, 2.75) is 0 Å². The topological polar surface area (TPSA) is 61.1 Å². The number of nitrogens with zero attached hydrogens (tertiary/aromatic N) is 1. The maximum atomic E-state index is 10.2. The summed E-state index contributed by atoms with van der Waals surface area (Å²) in [5.41, 5.74) is 0.724. The lowest BCUT2D eigenvalue weighted by molar-refractivity contribution is -0.131. The van der Waals surface area contributed by atoms with E-state index in [0.29, 0.717) is 0 Å². The lowest BCUT2D eigenvalue weighted by Crippen LogP contribution is -1.84. The zero-order chi connectivity index (χ0) is 10.4. The minimum atomic E-state index is -0.983. The van der Waals surface area contributed by atoms with Crippen LogP contribution in [0.4, 0.5) is 0 Å². The van der Waals surface area contributed by atoms with Crippen LogP contribution in [0.15, 0.2) is 17.5 Å². The van der Waals surface area contributed by atoms with Crippen molar-refractivity contribution < 1.29 is 9.90 Å². The number of hydrogen-bond acceptors (Lipinski definition) is 3. The van der Waals surface area contributed by atoms with Crippen LogP contribution in [0.25, 0.3) is 6.08 Å². The van der Waals surface area contributed by atoms with Gasteiger partial charge in [0, 0.05) is 27.8 Å². The lowest BCUT2D eigenvalue weighted by atomic mass is 10.3. The summed E-state index contributed by atoms with van der Waals surface area (Å²) in [7, 11) is 0. The summed E-state index contributed by atoms with van der Waals surface area (Å²) in [4.78, 5) is 11.0. The maximum Gasteiger partial charge on any atom is 0.328 e. The van der Waals surface area contributed by atoms with E-state index in [1.165, 1.54) is 17.4 Å². The van der Waals surface area contributed by atoms with Gasteiger partial charge in [0.1, 0.15) is 0 Å². The van der Waals surface area contributed by atoms with Gasteiger partial charge in [-0.15, -0.1) is 11.3 Å². The molecule has 0 bridgehead atoms. The minimum absolute atomic E-state index is 0.724. The monoisotopic (exact) mass is 203 g/mol. The van der Waals surface area contributed by atoms with Crippen LogP contribution < -0.4 is 0 Å². The summed E-state index contributed by atoms with van der Waals surface area (Å²) < 4.78 is 0. The number of aliphatic carboxylic acids is 1. The number of carboxylic acid groups (broad SMARTS) is 1. The third kappa shape index (κ3) is 3.14. The fraction of sp³-hybridized carbons (Fsp3) is 0. The van der Waals surface area contributed by atoms with Gasteiger partial charge in [-0.25, -0.2) is 4.79 Å². The summed E-state index contributed by atoms with van der Waals surface area (Å²) >= 11 is 1.38. The van der Waals surface area contributed by atoms with Gasteiger partial charge < -0.3 is 5.11 Å². The summed E-state index contributed by atoms with van der Waals surface area (Å²) in [6.45, 7) is 0.